The second-order valence-corrected chi connectivity index (χ2v) is 9.55. The van der Waals surface area contributed by atoms with Crippen LogP contribution in [0.1, 0.15) is 42.0 Å². The lowest BCUT2D eigenvalue weighted by molar-refractivity contribution is -0.142. The fraction of sp³-hybridized carbons (Fsp3) is 0.333. The van der Waals surface area contributed by atoms with Crippen molar-refractivity contribution in [1.82, 2.24) is 10.2 Å². The van der Waals surface area contributed by atoms with Gasteiger partial charge in [-0.25, -0.2) is 0 Å². The fourth-order valence-corrected chi connectivity index (χ4v) is 4.22. The molecule has 1 atom stereocenters. The van der Waals surface area contributed by atoms with Gasteiger partial charge in [-0.3, -0.25) is 9.59 Å². The zero-order chi connectivity index (χ0) is 25.9. The number of benzene rings is 3. The lowest BCUT2D eigenvalue weighted by atomic mass is 10.0. The van der Waals surface area contributed by atoms with Crippen LogP contribution in [0.3, 0.4) is 0 Å². The summed E-state index contributed by atoms with van der Waals surface area (Å²) in [6.07, 6.45) is 2.26. The van der Waals surface area contributed by atoms with E-state index in [4.69, 9.17) is 16.3 Å². The number of ether oxygens (including phenoxy) is 1. The average molecular weight is 507 g/mol. The van der Waals surface area contributed by atoms with Crippen molar-refractivity contribution in [2.45, 2.75) is 52.6 Å². The first kappa shape index (κ1) is 27.3. The minimum atomic E-state index is -0.685. The molecule has 0 fully saturated rings. The highest BCUT2D eigenvalue weighted by Gasteiger charge is 2.30. The van der Waals surface area contributed by atoms with Crippen molar-refractivity contribution >= 4 is 23.4 Å². The van der Waals surface area contributed by atoms with Crippen molar-refractivity contribution in [3.05, 3.63) is 100 Å². The molecular formula is C30H35ClN2O3. The highest BCUT2D eigenvalue weighted by atomic mass is 35.5. The summed E-state index contributed by atoms with van der Waals surface area (Å²) >= 11 is 6.08. The lowest BCUT2D eigenvalue weighted by Gasteiger charge is -2.31. The summed E-state index contributed by atoms with van der Waals surface area (Å²) in [4.78, 5) is 28.7. The van der Waals surface area contributed by atoms with Gasteiger partial charge in [0.25, 0.3) is 5.91 Å². The Balaban J connectivity index is 1.88. The molecule has 0 aliphatic rings. The molecular weight excluding hydrogens is 472 g/mol. The van der Waals surface area contributed by atoms with Crippen molar-refractivity contribution in [3.63, 3.8) is 0 Å². The summed E-state index contributed by atoms with van der Waals surface area (Å²) in [5.41, 5.74) is 4.00. The van der Waals surface area contributed by atoms with Crippen LogP contribution in [0.15, 0.2) is 72.8 Å². The third kappa shape index (κ3) is 8.42. The molecule has 3 aromatic rings. The second kappa shape index (κ2) is 13.7. The van der Waals surface area contributed by atoms with Crippen molar-refractivity contribution in [2.24, 2.45) is 0 Å². The minimum absolute atomic E-state index is 0.163. The SMILES string of the molecule is CCCCNC(=O)[C@@H](Cc1ccccc1)N(Cc1ccc(Cl)cc1)C(=O)COc1cc(C)cc(C)c1. The Kier molecular flexibility index (Phi) is 10.4. The number of amides is 2. The van der Waals surface area contributed by atoms with Crippen LogP contribution in [-0.4, -0.2) is 35.9 Å². The summed E-state index contributed by atoms with van der Waals surface area (Å²) in [7, 11) is 0. The molecule has 0 radical (unpaired) electrons. The Morgan fingerprint density at radius 2 is 1.61 bits per heavy atom. The molecule has 0 spiro atoms. The van der Waals surface area contributed by atoms with Crippen LogP contribution < -0.4 is 10.1 Å². The summed E-state index contributed by atoms with van der Waals surface area (Å²) in [6, 6.07) is 22.3. The van der Waals surface area contributed by atoms with Crippen LogP contribution >= 0.6 is 11.6 Å². The number of nitrogens with one attached hydrogen (secondary N) is 1. The van der Waals surface area contributed by atoms with Crippen LogP contribution in [0.2, 0.25) is 5.02 Å². The van der Waals surface area contributed by atoms with Gasteiger partial charge in [0.15, 0.2) is 6.61 Å². The molecule has 5 nitrogen and oxygen atoms in total. The largest absolute Gasteiger partial charge is 0.484 e. The Hall–Kier alpha value is -3.31. The molecule has 6 heteroatoms. The number of rotatable bonds is 12. The van der Waals surface area contributed by atoms with E-state index in [0.717, 1.165) is 35.1 Å². The molecule has 0 bridgehead atoms. The van der Waals surface area contributed by atoms with E-state index < -0.39 is 6.04 Å². The van der Waals surface area contributed by atoms with Crippen LogP contribution in [0, 0.1) is 13.8 Å². The molecule has 190 valence electrons. The maximum atomic E-state index is 13.6. The van der Waals surface area contributed by atoms with E-state index in [-0.39, 0.29) is 25.0 Å². The third-order valence-corrected chi connectivity index (χ3v) is 6.18. The third-order valence-electron chi connectivity index (χ3n) is 5.92. The minimum Gasteiger partial charge on any atom is -0.484 e. The number of hydrogen-bond acceptors (Lipinski definition) is 3. The van der Waals surface area contributed by atoms with Crippen LogP contribution in [0.4, 0.5) is 0 Å². The van der Waals surface area contributed by atoms with E-state index >= 15 is 0 Å². The highest BCUT2D eigenvalue weighted by molar-refractivity contribution is 6.30. The molecule has 1 N–H and O–H groups in total. The summed E-state index contributed by atoms with van der Waals surface area (Å²) in [6.45, 7) is 6.74. The molecule has 36 heavy (non-hydrogen) atoms. The summed E-state index contributed by atoms with van der Waals surface area (Å²) in [5.74, 6) is 0.219. The maximum absolute atomic E-state index is 13.6. The molecule has 0 unspecified atom stereocenters. The van der Waals surface area contributed by atoms with Gasteiger partial charge in [0.05, 0.1) is 0 Å². The van der Waals surface area contributed by atoms with Crippen molar-refractivity contribution in [1.29, 1.82) is 0 Å². The number of carbonyl (C=O) groups is 2. The van der Waals surface area contributed by atoms with Gasteiger partial charge in [-0.1, -0.05) is 73.5 Å². The van der Waals surface area contributed by atoms with Gasteiger partial charge in [0, 0.05) is 24.5 Å². The topological polar surface area (TPSA) is 58.6 Å². The average Bonchev–Trinajstić information content (AvgIpc) is 2.86. The van der Waals surface area contributed by atoms with Gasteiger partial charge >= 0.3 is 0 Å². The molecule has 2 amide bonds. The number of hydrogen-bond donors (Lipinski definition) is 1. The molecule has 0 saturated heterocycles. The first-order valence-corrected chi connectivity index (χ1v) is 12.8. The Labute approximate surface area is 219 Å². The van der Waals surface area contributed by atoms with E-state index in [1.165, 1.54) is 0 Å². The number of aryl methyl sites for hydroxylation is 2. The van der Waals surface area contributed by atoms with E-state index in [2.05, 4.69) is 18.3 Å². The van der Waals surface area contributed by atoms with Gasteiger partial charge in [-0.05, 0) is 66.8 Å². The van der Waals surface area contributed by atoms with E-state index in [0.29, 0.717) is 23.7 Å². The molecule has 0 heterocycles. The predicted octanol–water partition coefficient (Wildman–Crippen LogP) is 5.89. The van der Waals surface area contributed by atoms with Gasteiger partial charge in [0.1, 0.15) is 11.8 Å². The fourth-order valence-electron chi connectivity index (χ4n) is 4.09. The van der Waals surface area contributed by atoms with Gasteiger partial charge < -0.3 is 15.0 Å². The van der Waals surface area contributed by atoms with E-state index in [1.54, 1.807) is 17.0 Å². The molecule has 0 aliphatic carbocycles. The van der Waals surface area contributed by atoms with Gasteiger partial charge in [0.2, 0.25) is 5.91 Å². The predicted molar refractivity (Wildman–Crippen MR) is 145 cm³/mol. The van der Waals surface area contributed by atoms with Crippen LogP contribution in [0.5, 0.6) is 5.75 Å². The Bertz CT molecular complexity index is 1110. The zero-order valence-corrected chi connectivity index (χ0v) is 22.1. The van der Waals surface area contributed by atoms with Crippen molar-refractivity contribution < 1.29 is 14.3 Å². The lowest BCUT2D eigenvalue weighted by Crippen LogP contribution is -2.51. The van der Waals surface area contributed by atoms with E-state index in [1.807, 2.05) is 68.4 Å². The smallest absolute Gasteiger partial charge is 0.261 e. The standard InChI is InChI=1S/C30H35ClN2O3/c1-4-5-15-32-30(35)28(19-24-9-7-6-8-10-24)33(20-25-11-13-26(31)14-12-25)29(34)21-36-27-17-22(2)16-23(3)18-27/h6-14,16-18,28H,4-5,15,19-21H2,1-3H3,(H,32,35)/t28-/m1/s1. The van der Waals surface area contributed by atoms with Gasteiger partial charge in [-0.15, -0.1) is 0 Å². The van der Waals surface area contributed by atoms with E-state index in [9.17, 15) is 9.59 Å². The van der Waals surface area contributed by atoms with Crippen molar-refractivity contribution in [3.8, 4) is 5.75 Å². The molecule has 0 aromatic heterocycles. The summed E-state index contributed by atoms with van der Waals surface area (Å²) < 4.78 is 5.90. The number of unbranched alkanes of at least 4 members (excludes halogenated alkanes) is 1. The van der Waals surface area contributed by atoms with Crippen molar-refractivity contribution in [2.75, 3.05) is 13.2 Å². The summed E-state index contributed by atoms with van der Waals surface area (Å²) in [5, 5.41) is 3.65. The maximum Gasteiger partial charge on any atom is 0.261 e. The monoisotopic (exact) mass is 506 g/mol. The molecule has 3 rings (SSSR count). The van der Waals surface area contributed by atoms with Gasteiger partial charge in [-0.2, -0.15) is 0 Å². The first-order chi connectivity index (χ1) is 17.4. The highest BCUT2D eigenvalue weighted by Crippen LogP contribution is 2.19. The molecule has 0 aliphatic heterocycles. The number of carbonyl (C=O) groups excluding carboxylic acids is 2. The van der Waals surface area contributed by atoms with Crippen LogP contribution in [-0.2, 0) is 22.6 Å². The Morgan fingerprint density at radius 3 is 2.25 bits per heavy atom. The second-order valence-electron chi connectivity index (χ2n) is 9.11. The molecule has 0 saturated carbocycles. The molecule has 3 aromatic carbocycles. The Morgan fingerprint density at radius 1 is 0.944 bits per heavy atom. The quantitative estimate of drug-likeness (QED) is 0.311. The first-order valence-electron chi connectivity index (χ1n) is 12.4. The number of nitrogens with zero attached hydrogens (tertiary/aromatic N) is 1. The normalized spacial score (nSPS) is 11.6. The zero-order valence-electron chi connectivity index (χ0n) is 21.3. The van der Waals surface area contributed by atoms with Crippen LogP contribution in [0.25, 0.3) is 0 Å². The number of halogens is 1.